The molecule has 1 rings (SSSR count). The normalized spacial score (nSPS) is 10.3. The van der Waals surface area contributed by atoms with Gasteiger partial charge in [-0.1, -0.05) is 0 Å². The zero-order chi connectivity index (χ0) is 14.3. The van der Waals surface area contributed by atoms with Gasteiger partial charge in [-0.2, -0.15) is 0 Å². The number of hydrogen-bond donors (Lipinski definition) is 2. The zero-order valence-corrected chi connectivity index (χ0v) is 9.74. The van der Waals surface area contributed by atoms with Crippen LogP contribution in [0.15, 0.2) is 30.3 Å². The van der Waals surface area contributed by atoms with Crippen molar-refractivity contribution in [2.75, 3.05) is 6.61 Å². The Hall–Kier alpha value is -2.74. The van der Waals surface area contributed by atoms with Crippen LogP contribution in [0.1, 0.15) is 5.56 Å². The number of non-ortho nitro benzene ring substituents is 1. The maximum absolute atomic E-state index is 11.2. The largest absolute Gasteiger partial charge is 0.368 e. The molecule has 0 spiro atoms. The van der Waals surface area contributed by atoms with Gasteiger partial charge in [-0.05, 0) is 23.8 Å². The standard InChI is InChI=1S/C11H11N3O5/c12-10(15)7-19-13-11(16)6-3-8-1-4-9(5-2-8)14(17)18/h1-6H,7H2,(H2,12,15)(H,13,16)/b6-3+. The fraction of sp³-hybridized carbons (Fsp3) is 0.0909. The number of nitro benzene ring substituents is 1. The second-order valence-corrected chi connectivity index (χ2v) is 3.40. The Morgan fingerprint density at radius 3 is 2.53 bits per heavy atom. The summed E-state index contributed by atoms with van der Waals surface area (Å²) in [6.07, 6.45) is 2.59. The molecule has 8 nitrogen and oxygen atoms in total. The Morgan fingerprint density at radius 2 is 2.00 bits per heavy atom. The molecule has 0 aromatic heterocycles. The number of hydrogen-bond acceptors (Lipinski definition) is 5. The van der Waals surface area contributed by atoms with Crippen molar-refractivity contribution < 1.29 is 19.3 Å². The first-order valence-corrected chi connectivity index (χ1v) is 5.11. The van der Waals surface area contributed by atoms with Gasteiger partial charge >= 0.3 is 0 Å². The minimum atomic E-state index is -0.709. The van der Waals surface area contributed by atoms with Gasteiger partial charge in [0.15, 0.2) is 6.61 Å². The Labute approximate surface area is 107 Å². The van der Waals surface area contributed by atoms with Crippen molar-refractivity contribution in [3.05, 3.63) is 46.0 Å². The van der Waals surface area contributed by atoms with Crippen molar-refractivity contribution in [1.29, 1.82) is 0 Å². The van der Waals surface area contributed by atoms with Crippen LogP contribution in [-0.4, -0.2) is 23.3 Å². The van der Waals surface area contributed by atoms with Gasteiger partial charge in [0, 0.05) is 18.2 Å². The van der Waals surface area contributed by atoms with Crippen LogP contribution in [0.2, 0.25) is 0 Å². The molecule has 2 amide bonds. The lowest BCUT2D eigenvalue weighted by atomic mass is 10.2. The average Bonchev–Trinajstić information content (AvgIpc) is 2.36. The van der Waals surface area contributed by atoms with Crippen LogP contribution in [0, 0.1) is 10.1 Å². The highest BCUT2D eigenvalue weighted by atomic mass is 16.7. The van der Waals surface area contributed by atoms with Crippen molar-refractivity contribution in [2.24, 2.45) is 5.73 Å². The first-order valence-electron chi connectivity index (χ1n) is 5.11. The molecular weight excluding hydrogens is 254 g/mol. The van der Waals surface area contributed by atoms with E-state index in [1.54, 1.807) is 0 Å². The molecule has 0 saturated carbocycles. The molecule has 0 aliphatic heterocycles. The van der Waals surface area contributed by atoms with E-state index < -0.39 is 23.3 Å². The number of carbonyl (C=O) groups is 2. The third-order valence-electron chi connectivity index (χ3n) is 1.92. The van der Waals surface area contributed by atoms with E-state index in [1.165, 1.54) is 30.3 Å². The predicted octanol–water partition coefficient (Wildman–Crippen LogP) is 0.141. The number of carbonyl (C=O) groups excluding carboxylic acids is 2. The van der Waals surface area contributed by atoms with E-state index in [2.05, 4.69) is 4.84 Å². The second kappa shape index (κ2) is 6.87. The lowest BCUT2D eigenvalue weighted by molar-refractivity contribution is -0.384. The molecule has 8 heteroatoms. The summed E-state index contributed by atoms with van der Waals surface area (Å²) in [5.41, 5.74) is 7.34. The highest BCUT2D eigenvalue weighted by Crippen LogP contribution is 2.12. The van der Waals surface area contributed by atoms with Crippen LogP contribution in [0.25, 0.3) is 6.08 Å². The van der Waals surface area contributed by atoms with Crippen LogP contribution in [0.3, 0.4) is 0 Å². The molecule has 0 heterocycles. The monoisotopic (exact) mass is 265 g/mol. The van der Waals surface area contributed by atoms with Crippen molar-refractivity contribution in [3.8, 4) is 0 Å². The van der Waals surface area contributed by atoms with Crippen LogP contribution in [0.5, 0.6) is 0 Å². The summed E-state index contributed by atoms with van der Waals surface area (Å²) in [6, 6.07) is 5.63. The predicted molar refractivity (Wildman–Crippen MR) is 65.4 cm³/mol. The zero-order valence-electron chi connectivity index (χ0n) is 9.74. The molecule has 3 N–H and O–H groups in total. The van der Waals surface area contributed by atoms with E-state index in [0.29, 0.717) is 5.56 Å². The Balaban J connectivity index is 2.49. The molecule has 0 aliphatic rings. The summed E-state index contributed by atoms with van der Waals surface area (Å²) in [4.78, 5) is 35.9. The van der Waals surface area contributed by atoms with Crippen molar-refractivity contribution in [2.45, 2.75) is 0 Å². The molecule has 0 fully saturated rings. The number of rotatable bonds is 6. The van der Waals surface area contributed by atoms with E-state index in [1.807, 2.05) is 5.48 Å². The highest BCUT2D eigenvalue weighted by molar-refractivity contribution is 5.91. The molecule has 0 atom stereocenters. The summed E-state index contributed by atoms with van der Waals surface area (Å²) in [5, 5.41) is 10.4. The summed E-state index contributed by atoms with van der Waals surface area (Å²) in [6.45, 7) is -0.420. The fourth-order valence-electron chi connectivity index (χ4n) is 1.09. The second-order valence-electron chi connectivity index (χ2n) is 3.40. The SMILES string of the molecule is NC(=O)CONC(=O)/C=C/c1ccc([N+](=O)[O-])cc1. The van der Waals surface area contributed by atoms with Gasteiger partial charge in [-0.25, -0.2) is 5.48 Å². The number of nitrogens with two attached hydrogens (primary N) is 1. The number of benzene rings is 1. The lowest BCUT2D eigenvalue weighted by Crippen LogP contribution is -2.28. The molecular formula is C11H11N3O5. The van der Waals surface area contributed by atoms with Crippen LogP contribution >= 0.6 is 0 Å². The Bertz CT molecular complexity index is 510. The lowest BCUT2D eigenvalue weighted by Gasteiger charge is -1.99. The van der Waals surface area contributed by atoms with E-state index in [-0.39, 0.29) is 5.69 Å². The molecule has 1 aromatic carbocycles. The average molecular weight is 265 g/mol. The molecule has 19 heavy (non-hydrogen) atoms. The fourth-order valence-corrected chi connectivity index (χ4v) is 1.09. The quantitative estimate of drug-likeness (QED) is 0.430. The van der Waals surface area contributed by atoms with Gasteiger partial charge < -0.3 is 5.73 Å². The van der Waals surface area contributed by atoms with E-state index in [4.69, 9.17) is 5.73 Å². The summed E-state index contributed by atoms with van der Waals surface area (Å²) >= 11 is 0. The molecule has 1 aromatic rings. The van der Waals surface area contributed by atoms with Crippen molar-refractivity contribution >= 4 is 23.6 Å². The molecule has 100 valence electrons. The maximum atomic E-state index is 11.2. The van der Waals surface area contributed by atoms with Gasteiger partial charge in [-0.3, -0.25) is 24.5 Å². The van der Waals surface area contributed by atoms with Crippen LogP contribution < -0.4 is 11.2 Å². The first kappa shape index (κ1) is 14.3. The Morgan fingerprint density at radius 1 is 1.37 bits per heavy atom. The molecule has 0 radical (unpaired) electrons. The third-order valence-corrected chi connectivity index (χ3v) is 1.92. The van der Waals surface area contributed by atoms with Crippen molar-refractivity contribution in [1.82, 2.24) is 5.48 Å². The number of amides is 2. The third kappa shape index (κ3) is 5.41. The smallest absolute Gasteiger partial charge is 0.269 e. The minimum Gasteiger partial charge on any atom is -0.368 e. The molecule has 0 unspecified atom stereocenters. The topological polar surface area (TPSA) is 125 Å². The van der Waals surface area contributed by atoms with Gasteiger partial charge in [0.05, 0.1) is 4.92 Å². The van der Waals surface area contributed by atoms with Crippen LogP contribution in [0.4, 0.5) is 5.69 Å². The maximum Gasteiger partial charge on any atom is 0.269 e. The number of primary amides is 1. The van der Waals surface area contributed by atoms with Crippen LogP contribution in [-0.2, 0) is 14.4 Å². The summed E-state index contributed by atoms with van der Waals surface area (Å²) < 4.78 is 0. The highest BCUT2D eigenvalue weighted by Gasteiger charge is 2.02. The number of hydroxylamine groups is 1. The Kier molecular flexibility index (Phi) is 5.17. The molecule has 0 bridgehead atoms. The molecule has 0 saturated heterocycles. The first-order chi connectivity index (χ1) is 8.99. The minimum absolute atomic E-state index is 0.0357. The number of nitrogens with zero attached hydrogens (tertiary/aromatic N) is 1. The van der Waals surface area contributed by atoms with E-state index >= 15 is 0 Å². The summed E-state index contributed by atoms with van der Waals surface area (Å²) in [7, 11) is 0. The number of nitrogens with one attached hydrogen (secondary N) is 1. The van der Waals surface area contributed by atoms with Gasteiger partial charge in [0.25, 0.3) is 11.6 Å². The van der Waals surface area contributed by atoms with Crippen molar-refractivity contribution in [3.63, 3.8) is 0 Å². The van der Waals surface area contributed by atoms with Gasteiger partial charge in [-0.15, -0.1) is 0 Å². The van der Waals surface area contributed by atoms with Gasteiger partial charge in [0.2, 0.25) is 5.91 Å². The van der Waals surface area contributed by atoms with Gasteiger partial charge in [0.1, 0.15) is 0 Å². The number of nitro groups is 1. The molecule has 0 aliphatic carbocycles. The summed E-state index contributed by atoms with van der Waals surface area (Å²) in [5.74, 6) is -1.29. The van der Waals surface area contributed by atoms with E-state index in [0.717, 1.165) is 6.08 Å². The van der Waals surface area contributed by atoms with E-state index in [9.17, 15) is 19.7 Å².